The molecule has 56 heavy (non-hydrogen) atoms. The molecule has 9 heteroatoms. The second-order valence-corrected chi connectivity index (χ2v) is 38.8. The van der Waals surface area contributed by atoms with E-state index in [9.17, 15) is 4.79 Å². The molecule has 2 aromatic carbocycles. The third-order valence-corrected chi connectivity index (χ3v) is 32.0. The number of benzene rings is 2. The summed E-state index contributed by atoms with van der Waals surface area (Å²) in [4.78, 5) is 13.2. The molecule has 2 rings (SSSR count). The van der Waals surface area contributed by atoms with E-state index in [0.29, 0.717) is 19.6 Å². The third kappa shape index (κ3) is 14.4. The van der Waals surface area contributed by atoms with Crippen molar-refractivity contribution in [1.29, 1.82) is 0 Å². The first-order chi connectivity index (χ1) is 25.9. The minimum Gasteiger partial charge on any atom is -0.417 e. The summed E-state index contributed by atoms with van der Waals surface area (Å²) >= 11 is 0. The van der Waals surface area contributed by atoms with Gasteiger partial charge in [-0.1, -0.05) is 150 Å². The van der Waals surface area contributed by atoms with Crippen LogP contribution in [-0.4, -0.2) is 64.5 Å². The van der Waals surface area contributed by atoms with Crippen LogP contribution in [-0.2, 0) is 22.5 Å². The van der Waals surface area contributed by atoms with E-state index in [-0.39, 0.29) is 33.1 Å². The molecular weight excluding hydrogens is 757 g/mol. The van der Waals surface area contributed by atoms with Gasteiger partial charge in [-0.05, 0) is 108 Å². The molecule has 0 saturated carbocycles. The number of hydrogen-bond donors (Lipinski definition) is 0. The minimum atomic E-state index is -2.68. The molecule has 0 aliphatic carbocycles. The van der Waals surface area contributed by atoms with E-state index in [1.807, 2.05) is 6.08 Å². The Hall–Kier alpha value is -1.44. The summed E-state index contributed by atoms with van der Waals surface area (Å²) in [7, 11) is -8.48. The molecule has 2 atom stereocenters. The standard InChI is InChI=1S/C47H84O5Si4/c1-17-55(18-2,19-3)52-41(34-33-40(48)28-26-27-38-49-53(13,14)45(4,5)6)35-36-42(51-54(15,16)46(7,8)9)37-39-50-56(47(10,11)12,43-29-22-20-23-30-43)44-31-24-21-25-32-44/h20-26,28-32,41-42H,17-19,27,33-39H2,1-16H3/b28-26+. The van der Waals surface area contributed by atoms with Crippen molar-refractivity contribution in [3.63, 3.8) is 0 Å². The average Bonchev–Trinajstić information content (AvgIpc) is 3.12. The maximum Gasteiger partial charge on any atom is 0.261 e. The fourth-order valence-corrected chi connectivity index (χ4v) is 17.2. The highest BCUT2D eigenvalue weighted by Crippen LogP contribution is 2.40. The van der Waals surface area contributed by atoms with Crippen molar-refractivity contribution >= 4 is 49.4 Å². The molecule has 2 unspecified atom stereocenters. The lowest BCUT2D eigenvalue weighted by Gasteiger charge is -2.44. The van der Waals surface area contributed by atoms with Crippen molar-refractivity contribution in [2.24, 2.45) is 0 Å². The lowest BCUT2D eigenvalue weighted by atomic mass is 10.0. The Morgan fingerprint density at radius 3 is 1.48 bits per heavy atom. The van der Waals surface area contributed by atoms with Crippen LogP contribution in [0, 0.1) is 0 Å². The number of hydrogen-bond acceptors (Lipinski definition) is 5. The van der Waals surface area contributed by atoms with Gasteiger partial charge in [0.1, 0.15) is 0 Å². The lowest BCUT2D eigenvalue weighted by Crippen LogP contribution is -2.66. The van der Waals surface area contributed by atoms with Gasteiger partial charge >= 0.3 is 0 Å². The summed E-state index contributed by atoms with van der Waals surface area (Å²) in [6, 6.07) is 25.1. The van der Waals surface area contributed by atoms with E-state index in [4.69, 9.17) is 17.7 Å². The fraction of sp³-hybridized carbons (Fsp3) is 0.681. The number of carbonyl (C=O) groups is 1. The molecule has 318 valence electrons. The average molecular weight is 842 g/mol. The van der Waals surface area contributed by atoms with Gasteiger partial charge in [0.15, 0.2) is 30.7 Å². The van der Waals surface area contributed by atoms with Gasteiger partial charge in [0.2, 0.25) is 0 Å². The molecule has 0 aliphatic rings. The van der Waals surface area contributed by atoms with Crippen LogP contribution in [0.4, 0.5) is 0 Å². The van der Waals surface area contributed by atoms with Gasteiger partial charge in [-0.25, -0.2) is 0 Å². The zero-order chi connectivity index (χ0) is 42.5. The normalized spacial score (nSPS) is 15.0. The first kappa shape index (κ1) is 50.7. The third-order valence-electron chi connectivity index (χ3n) is 13.2. The van der Waals surface area contributed by atoms with Gasteiger partial charge in [0.05, 0.1) is 0 Å². The van der Waals surface area contributed by atoms with Crippen LogP contribution >= 0.6 is 0 Å². The van der Waals surface area contributed by atoms with E-state index in [1.54, 1.807) is 6.08 Å². The Labute approximate surface area is 349 Å². The van der Waals surface area contributed by atoms with Gasteiger partial charge in [0, 0.05) is 31.8 Å². The van der Waals surface area contributed by atoms with Crippen LogP contribution in [0.5, 0.6) is 0 Å². The van der Waals surface area contributed by atoms with Gasteiger partial charge < -0.3 is 17.7 Å². The maximum atomic E-state index is 13.2. The predicted molar refractivity (Wildman–Crippen MR) is 253 cm³/mol. The Kier molecular flexibility index (Phi) is 19.7. The molecule has 0 heterocycles. The number of rotatable bonds is 24. The first-order valence-electron chi connectivity index (χ1n) is 21.8. The van der Waals surface area contributed by atoms with Gasteiger partial charge in [-0.15, -0.1) is 0 Å². The van der Waals surface area contributed by atoms with E-state index >= 15 is 0 Å². The van der Waals surface area contributed by atoms with Gasteiger partial charge in [0.25, 0.3) is 8.32 Å². The summed E-state index contributed by atoms with van der Waals surface area (Å²) in [6.07, 6.45) is 8.44. The van der Waals surface area contributed by atoms with Crippen molar-refractivity contribution in [2.45, 2.75) is 193 Å². The molecule has 0 N–H and O–H groups in total. The van der Waals surface area contributed by atoms with Gasteiger partial charge in [-0.3, -0.25) is 4.79 Å². The second-order valence-electron chi connectivity index (χ2n) is 20.2. The van der Waals surface area contributed by atoms with Crippen LogP contribution in [0.3, 0.4) is 0 Å². The summed E-state index contributed by atoms with van der Waals surface area (Å²) < 4.78 is 28.2. The van der Waals surface area contributed by atoms with E-state index in [2.05, 4.69) is 170 Å². The highest BCUT2D eigenvalue weighted by Gasteiger charge is 2.50. The monoisotopic (exact) mass is 841 g/mol. The summed E-state index contributed by atoms with van der Waals surface area (Å²) in [5, 5.41) is 2.79. The van der Waals surface area contributed by atoms with Crippen molar-refractivity contribution in [3.05, 3.63) is 72.8 Å². The van der Waals surface area contributed by atoms with E-state index in [1.165, 1.54) is 10.4 Å². The Balaban J connectivity index is 2.33. The molecule has 0 aliphatic heterocycles. The molecule has 0 bridgehead atoms. The van der Waals surface area contributed by atoms with Crippen molar-refractivity contribution in [3.8, 4) is 0 Å². The van der Waals surface area contributed by atoms with Crippen LogP contribution < -0.4 is 10.4 Å². The maximum absolute atomic E-state index is 13.2. The summed E-state index contributed by atoms with van der Waals surface area (Å²) in [5.74, 6) is 0.176. The smallest absolute Gasteiger partial charge is 0.261 e. The molecular formula is C47H84O5Si4. The Morgan fingerprint density at radius 1 is 0.589 bits per heavy atom. The highest BCUT2D eigenvalue weighted by atomic mass is 28.4. The zero-order valence-electron chi connectivity index (χ0n) is 38.9. The second kappa shape index (κ2) is 21.7. The van der Waals surface area contributed by atoms with Crippen molar-refractivity contribution in [2.75, 3.05) is 13.2 Å². The highest BCUT2D eigenvalue weighted by molar-refractivity contribution is 6.99. The van der Waals surface area contributed by atoms with Crippen LogP contribution in [0.15, 0.2) is 72.8 Å². The minimum absolute atomic E-state index is 0.0314. The number of ketones is 1. The Morgan fingerprint density at radius 2 is 1.05 bits per heavy atom. The molecule has 0 fully saturated rings. The quantitative estimate of drug-likeness (QED) is 0.0599. The lowest BCUT2D eigenvalue weighted by molar-refractivity contribution is -0.115. The molecule has 5 nitrogen and oxygen atoms in total. The van der Waals surface area contributed by atoms with Crippen molar-refractivity contribution < 1.29 is 22.5 Å². The molecule has 0 amide bonds. The van der Waals surface area contributed by atoms with Crippen molar-refractivity contribution in [1.82, 2.24) is 0 Å². The summed E-state index contributed by atoms with van der Waals surface area (Å²) in [6.45, 7) is 38.2. The predicted octanol–water partition coefficient (Wildman–Crippen LogP) is 12.8. The van der Waals surface area contributed by atoms with Crippen LogP contribution in [0.25, 0.3) is 0 Å². The molecule has 0 saturated heterocycles. The molecule has 0 radical (unpaired) electrons. The molecule has 0 aromatic heterocycles. The molecule has 2 aromatic rings. The van der Waals surface area contributed by atoms with E-state index < -0.39 is 33.3 Å². The number of allylic oxidation sites excluding steroid dienone is 1. The van der Waals surface area contributed by atoms with E-state index in [0.717, 1.165) is 50.2 Å². The Bertz CT molecular complexity index is 1400. The van der Waals surface area contributed by atoms with Crippen LogP contribution in [0.2, 0.25) is 59.4 Å². The van der Waals surface area contributed by atoms with Gasteiger partial charge in [-0.2, -0.15) is 0 Å². The number of carbonyl (C=O) groups excluding carboxylic acids is 1. The molecule has 0 spiro atoms. The first-order valence-corrected chi connectivity index (χ1v) is 32.1. The summed E-state index contributed by atoms with van der Waals surface area (Å²) in [5.41, 5.74) is 0. The largest absolute Gasteiger partial charge is 0.417 e. The SMILES string of the molecule is CC[Si](CC)(CC)OC(CCC(=O)/C=C/CCO[Si](C)(C)C(C)(C)C)CCC(CCO[Si](c1ccccc1)(c1ccccc1)C(C)(C)C)O[Si](C)(C)C(C)(C)C. The fourth-order valence-electron chi connectivity index (χ4n) is 7.15. The topological polar surface area (TPSA) is 54.0 Å². The zero-order valence-corrected chi connectivity index (χ0v) is 42.9. The van der Waals surface area contributed by atoms with Crippen LogP contribution in [0.1, 0.15) is 122 Å².